The van der Waals surface area contributed by atoms with Crippen LogP contribution in [0.25, 0.3) is 0 Å². The molecule has 0 aromatic carbocycles. The van der Waals surface area contributed by atoms with E-state index in [1.807, 2.05) is 60.8 Å². The minimum Gasteiger partial charge on any atom is -0.105 e. The van der Waals surface area contributed by atoms with Gasteiger partial charge in [-0.05, 0) is 24.3 Å². The van der Waals surface area contributed by atoms with Crippen molar-refractivity contribution in [3.05, 3.63) is 77.6 Å². The van der Waals surface area contributed by atoms with Gasteiger partial charge in [0.1, 0.15) is 0 Å². The summed E-state index contributed by atoms with van der Waals surface area (Å²) in [4.78, 5) is 0. The van der Waals surface area contributed by atoms with Crippen LogP contribution in [0.3, 0.4) is 0 Å². The average Bonchev–Trinajstić information content (AvgIpc) is 2.49. The van der Waals surface area contributed by atoms with E-state index in [1.54, 1.807) is 0 Å². The molecule has 62 valence electrons. The Balaban J connectivity index is 2.40. The smallest absolute Gasteiger partial charge is 0.0170 e. The fourth-order valence-electron chi connectivity index (χ4n) is 1.21. The lowest BCUT2D eigenvalue weighted by molar-refractivity contribution is 1.68. The lowest BCUT2D eigenvalue weighted by Crippen LogP contribution is -1.68. The van der Waals surface area contributed by atoms with Crippen LogP contribution in [0.4, 0.5) is 0 Å². The highest BCUT2D eigenvalue weighted by Gasteiger charge is 1.90. The Morgan fingerprint density at radius 3 is 1.38 bits per heavy atom. The zero-order valence-corrected chi connectivity index (χ0v) is 7.27. The Labute approximate surface area is 78.3 Å². The molecule has 0 N–H and O–H groups in total. The maximum absolute atomic E-state index is 3.30. The second-order valence-corrected chi connectivity index (χ2v) is 2.86. The van der Waals surface area contributed by atoms with E-state index in [1.165, 1.54) is 0 Å². The Hall–Kier alpha value is -1.78. The first-order valence-electron chi connectivity index (χ1n) is 4.32. The Morgan fingerprint density at radius 1 is 0.538 bits per heavy atom. The molecular weight excluding hydrogens is 156 g/mol. The quantitative estimate of drug-likeness (QED) is 0.484. The van der Waals surface area contributed by atoms with Crippen molar-refractivity contribution in [1.82, 2.24) is 0 Å². The monoisotopic (exact) mass is 166 g/mol. The zero-order valence-electron chi connectivity index (χ0n) is 7.27. The molecule has 0 heteroatoms. The van der Waals surface area contributed by atoms with Crippen LogP contribution in [0.2, 0.25) is 0 Å². The topological polar surface area (TPSA) is 0 Å². The van der Waals surface area contributed by atoms with Gasteiger partial charge in [-0.3, -0.25) is 0 Å². The molecule has 0 bridgehead atoms. The van der Waals surface area contributed by atoms with Crippen LogP contribution in [0.1, 0.15) is 0 Å². The van der Waals surface area contributed by atoms with Crippen molar-refractivity contribution in [2.75, 3.05) is 0 Å². The molecule has 2 aliphatic carbocycles. The van der Waals surface area contributed by atoms with Crippen LogP contribution in [0.15, 0.2) is 77.6 Å². The summed E-state index contributed by atoms with van der Waals surface area (Å²) in [5.41, 5.74) is 5.54. The van der Waals surface area contributed by atoms with Gasteiger partial charge in [-0.2, -0.15) is 0 Å². The molecule has 0 atom stereocenters. The molecular formula is C13H10. The Morgan fingerprint density at radius 2 is 0.923 bits per heavy atom. The number of hydrogen-bond donors (Lipinski definition) is 0. The molecule has 0 aromatic rings. The second kappa shape index (κ2) is 3.75. The van der Waals surface area contributed by atoms with Gasteiger partial charge in [-0.25, -0.2) is 0 Å². The minimum atomic E-state index is 1.11. The van der Waals surface area contributed by atoms with Gasteiger partial charge in [0, 0.05) is 11.1 Å². The maximum Gasteiger partial charge on any atom is 0.0170 e. The van der Waals surface area contributed by atoms with Crippen molar-refractivity contribution < 1.29 is 0 Å². The number of allylic oxidation sites excluding steroid dienone is 11. The molecule has 2 rings (SSSR count). The predicted molar refractivity (Wildman–Crippen MR) is 56.2 cm³/mol. The summed E-state index contributed by atoms with van der Waals surface area (Å²) in [5, 5.41) is 0. The van der Waals surface area contributed by atoms with Crippen LogP contribution < -0.4 is 0 Å². The molecule has 0 aliphatic heterocycles. The van der Waals surface area contributed by atoms with Crippen LogP contribution >= 0.6 is 0 Å². The van der Waals surface area contributed by atoms with Gasteiger partial charge in [-0.1, -0.05) is 36.5 Å². The highest BCUT2D eigenvalue weighted by atomic mass is 13.9. The summed E-state index contributed by atoms with van der Waals surface area (Å²) in [6.07, 6.45) is 20.3. The molecule has 0 unspecified atom stereocenters. The lowest BCUT2D eigenvalue weighted by Gasteiger charge is -1.86. The van der Waals surface area contributed by atoms with Crippen LogP contribution in [0.5, 0.6) is 0 Å². The first kappa shape index (κ1) is 7.85. The fraction of sp³-hybridized carbons (Fsp3) is 0. The molecule has 13 heavy (non-hydrogen) atoms. The predicted octanol–water partition coefficient (Wildman–Crippen LogP) is 3.25. The molecule has 0 saturated carbocycles. The molecule has 0 amide bonds. The van der Waals surface area contributed by atoms with Crippen LogP contribution in [0, 0.1) is 0 Å². The van der Waals surface area contributed by atoms with Gasteiger partial charge in [0.2, 0.25) is 0 Å². The number of hydrogen-bond acceptors (Lipinski definition) is 0. The first-order chi connectivity index (χ1) is 6.45. The van der Waals surface area contributed by atoms with Crippen LogP contribution in [-0.2, 0) is 0 Å². The summed E-state index contributed by atoms with van der Waals surface area (Å²) in [6, 6.07) is 0. The van der Waals surface area contributed by atoms with Crippen molar-refractivity contribution in [2.24, 2.45) is 0 Å². The molecule has 0 radical (unpaired) electrons. The van der Waals surface area contributed by atoms with E-state index in [4.69, 9.17) is 0 Å². The van der Waals surface area contributed by atoms with E-state index in [-0.39, 0.29) is 0 Å². The summed E-state index contributed by atoms with van der Waals surface area (Å²) in [7, 11) is 0. The number of rotatable bonds is 0. The van der Waals surface area contributed by atoms with E-state index in [0.717, 1.165) is 11.1 Å². The zero-order chi connectivity index (χ0) is 8.93. The van der Waals surface area contributed by atoms with Crippen molar-refractivity contribution in [3.63, 3.8) is 0 Å². The van der Waals surface area contributed by atoms with E-state index in [9.17, 15) is 0 Å². The average molecular weight is 166 g/mol. The third kappa shape index (κ3) is 2.08. The Bertz CT molecular complexity index is 371. The van der Waals surface area contributed by atoms with E-state index in [2.05, 4.69) is 5.73 Å². The molecule has 0 aromatic heterocycles. The summed E-state index contributed by atoms with van der Waals surface area (Å²) < 4.78 is 0. The molecule has 0 saturated heterocycles. The summed E-state index contributed by atoms with van der Waals surface area (Å²) >= 11 is 0. The van der Waals surface area contributed by atoms with Crippen molar-refractivity contribution in [3.8, 4) is 0 Å². The van der Waals surface area contributed by atoms with Gasteiger partial charge >= 0.3 is 0 Å². The van der Waals surface area contributed by atoms with E-state index in [0.29, 0.717) is 0 Å². The maximum atomic E-state index is 3.30. The SMILES string of the molecule is C(=C1C=CC=CC=C1)=C1C=CC=C1. The normalized spacial score (nSPS) is 18.2. The molecule has 0 heterocycles. The lowest BCUT2D eigenvalue weighted by atomic mass is 10.2. The van der Waals surface area contributed by atoms with E-state index < -0.39 is 0 Å². The summed E-state index contributed by atoms with van der Waals surface area (Å²) in [6.45, 7) is 0. The van der Waals surface area contributed by atoms with Gasteiger partial charge < -0.3 is 0 Å². The first-order valence-corrected chi connectivity index (χ1v) is 4.32. The third-order valence-corrected chi connectivity index (χ3v) is 1.84. The van der Waals surface area contributed by atoms with Gasteiger partial charge in [0.15, 0.2) is 0 Å². The Kier molecular flexibility index (Phi) is 2.26. The molecule has 0 fully saturated rings. The van der Waals surface area contributed by atoms with Gasteiger partial charge in [-0.15, -0.1) is 5.73 Å². The molecule has 2 aliphatic rings. The summed E-state index contributed by atoms with van der Waals surface area (Å²) in [5.74, 6) is 0. The van der Waals surface area contributed by atoms with Crippen molar-refractivity contribution in [1.29, 1.82) is 0 Å². The van der Waals surface area contributed by atoms with Gasteiger partial charge in [0.05, 0.1) is 0 Å². The second-order valence-electron chi connectivity index (χ2n) is 2.86. The highest BCUT2D eigenvalue weighted by molar-refractivity contribution is 5.45. The molecule has 0 nitrogen and oxygen atoms in total. The standard InChI is InChI=1S/C13H10/c1-2-4-8-12(7-3-1)11-13-9-5-6-10-13/h1-10H. The van der Waals surface area contributed by atoms with Crippen LogP contribution in [-0.4, -0.2) is 0 Å². The van der Waals surface area contributed by atoms with E-state index >= 15 is 0 Å². The fourth-order valence-corrected chi connectivity index (χ4v) is 1.21. The van der Waals surface area contributed by atoms with Crippen molar-refractivity contribution in [2.45, 2.75) is 0 Å². The minimum absolute atomic E-state index is 1.11. The molecule has 0 spiro atoms. The van der Waals surface area contributed by atoms with Gasteiger partial charge in [0.25, 0.3) is 0 Å². The van der Waals surface area contributed by atoms with Crippen molar-refractivity contribution >= 4 is 0 Å². The largest absolute Gasteiger partial charge is 0.105 e. The highest BCUT2D eigenvalue weighted by Crippen LogP contribution is 2.09. The third-order valence-electron chi connectivity index (χ3n) is 1.84.